The second-order valence-corrected chi connectivity index (χ2v) is 12.5. The highest BCUT2D eigenvalue weighted by Gasteiger charge is 2.19. The Morgan fingerprint density at radius 3 is 2.58 bits per heavy atom. The third-order valence-corrected chi connectivity index (χ3v) is 9.42. The standard InChI is InChI=1S/C33H41N7O2S/c1-22-26(9-7-10-27(22)37-32(41)30-19-23-8-5-6-11-29(23)43-30)24-18-28(33(42)39(4)20-24)36-31(35-2)13-12-25(34)21-40-16-14-38(3)15-17-40/h7,9-10,12-13,18-20,36H,2,5-6,8,11,14-17,21,34H2,1,3-4H3,(H,37,41)/b25-12-,31-13+. The molecule has 1 aliphatic carbocycles. The van der Waals surface area contributed by atoms with Crippen molar-refractivity contribution < 1.29 is 4.79 Å². The average Bonchev–Trinajstić information content (AvgIpc) is 3.44. The number of likely N-dealkylation sites (N-methyl/N-ethyl adjacent to an activating group) is 1. The van der Waals surface area contributed by atoms with Crippen LogP contribution in [0.3, 0.4) is 0 Å². The summed E-state index contributed by atoms with van der Waals surface area (Å²) in [7, 11) is 3.84. The van der Waals surface area contributed by atoms with Crippen molar-refractivity contribution in [1.82, 2.24) is 14.4 Å². The van der Waals surface area contributed by atoms with Gasteiger partial charge in [0.2, 0.25) is 0 Å². The van der Waals surface area contributed by atoms with E-state index in [1.807, 2.05) is 37.3 Å². The van der Waals surface area contributed by atoms with E-state index in [4.69, 9.17) is 5.73 Å². The SMILES string of the molecule is C=N/C(=C\C=C(/N)CN1CCN(C)CC1)Nc1cc(-c2cccc(NC(=O)c3cc4c(s3)CCCC4)c2C)cn(C)c1=O. The number of nitrogens with two attached hydrogens (primary N) is 1. The van der Waals surface area contributed by atoms with Gasteiger partial charge in [0, 0.05) is 67.8 Å². The predicted molar refractivity (Wildman–Crippen MR) is 178 cm³/mol. The van der Waals surface area contributed by atoms with Crippen LogP contribution in [0.1, 0.15) is 38.5 Å². The molecule has 0 unspecified atom stereocenters. The number of allylic oxidation sites excluding steroid dienone is 2. The number of aromatic nitrogens is 1. The number of amides is 1. The van der Waals surface area contributed by atoms with Crippen molar-refractivity contribution in [2.45, 2.75) is 32.6 Å². The van der Waals surface area contributed by atoms with Crippen LogP contribution in [0.15, 0.2) is 70.0 Å². The van der Waals surface area contributed by atoms with Crippen molar-refractivity contribution in [1.29, 1.82) is 0 Å². The zero-order chi connectivity index (χ0) is 30.5. The van der Waals surface area contributed by atoms with Crippen molar-refractivity contribution in [3.05, 3.63) is 91.4 Å². The molecule has 5 rings (SSSR count). The first-order chi connectivity index (χ1) is 20.7. The van der Waals surface area contributed by atoms with Crippen LogP contribution < -0.4 is 21.9 Å². The van der Waals surface area contributed by atoms with Crippen LogP contribution in [-0.2, 0) is 19.9 Å². The molecule has 9 nitrogen and oxygen atoms in total. The van der Waals surface area contributed by atoms with E-state index in [-0.39, 0.29) is 11.5 Å². The zero-order valence-corrected chi connectivity index (χ0v) is 26.1. The maximum absolute atomic E-state index is 13.2. The number of thiophene rings is 1. The van der Waals surface area contributed by atoms with Gasteiger partial charge in [0.05, 0.1) is 4.88 Å². The quantitative estimate of drug-likeness (QED) is 0.245. The molecule has 2 aliphatic rings. The Balaban J connectivity index is 1.34. The Morgan fingerprint density at radius 1 is 1.07 bits per heavy atom. The minimum absolute atomic E-state index is 0.0887. The van der Waals surface area contributed by atoms with E-state index < -0.39 is 0 Å². The topological polar surface area (TPSA) is 108 Å². The molecule has 0 radical (unpaired) electrons. The molecule has 0 atom stereocenters. The molecule has 0 bridgehead atoms. The number of fused-ring (bicyclic) bond motifs is 1. The summed E-state index contributed by atoms with van der Waals surface area (Å²) < 4.78 is 1.54. The summed E-state index contributed by atoms with van der Waals surface area (Å²) in [5, 5.41) is 6.25. The van der Waals surface area contributed by atoms with Gasteiger partial charge in [-0.15, -0.1) is 11.3 Å². The summed E-state index contributed by atoms with van der Waals surface area (Å²) in [6, 6.07) is 9.67. The van der Waals surface area contributed by atoms with E-state index in [1.165, 1.54) is 27.8 Å². The Labute approximate surface area is 257 Å². The van der Waals surface area contributed by atoms with Gasteiger partial charge < -0.3 is 25.8 Å². The van der Waals surface area contributed by atoms with E-state index >= 15 is 0 Å². The third kappa shape index (κ3) is 7.33. The van der Waals surface area contributed by atoms with Gasteiger partial charge in [-0.1, -0.05) is 12.1 Å². The molecule has 1 saturated heterocycles. The van der Waals surface area contributed by atoms with Gasteiger partial charge in [-0.05, 0) is 93.4 Å². The number of aliphatic imine (C=N–C) groups is 1. The molecule has 4 N–H and O–H groups in total. The minimum Gasteiger partial charge on any atom is -0.401 e. The highest BCUT2D eigenvalue weighted by Crippen LogP contribution is 2.32. The number of nitrogens with one attached hydrogen (secondary N) is 2. The van der Waals surface area contributed by atoms with Crippen LogP contribution in [0.4, 0.5) is 11.4 Å². The van der Waals surface area contributed by atoms with Crippen molar-refractivity contribution in [2.75, 3.05) is 50.4 Å². The first-order valence-electron chi connectivity index (χ1n) is 14.8. The Hall–Kier alpha value is -3.99. The molecule has 10 heteroatoms. The maximum Gasteiger partial charge on any atom is 0.274 e. The summed E-state index contributed by atoms with van der Waals surface area (Å²) in [4.78, 5) is 37.0. The lowest BCUT2D eigenvalue weighted by molar-refractivity contribution is 0.103. The van der Waals surface area contributed by atoms with Crippen LogP contribution in [0, 0.1) is 6.92 Å². The number of carbonyl (C=O) groups is 1. The first kappa shape index (κ1) is 30.5. The number of benzene rings is 1. The summed E-state index contributed by atoms with van der Waals surface area (Å²) >= 11 is 1.60. The summed E-state index contributed by atoms with van der Waals surface area (Å²) in [6.07, 6.45) is 9.84. The van der Waals surface area contributed by atoms with Crippen molar-refractivity contribution in [2.24, 2.45) is 17.8 Å². The highest BCUT2D eigenvalue weighted by molar-refractivity contribution is 7.14. The fourth-order valence-electron chi connectivity index (χ4n) is 5.59. The number of nitrogens with zero attached hydrogens (tertiary/aromatic N) is 4. The lowest BCUT2D eigenvalue weighted by Gasteiger charge is -2.32. The lowest BCUT2D eigenvalue weighted by Crippen LogP contribution is -2.45. The number of aryl methyl sites for hydroxylation is 3. The predicted octanol–water partition coefficient (Wildman–Crippen LogP) is 4.60. The molecule has 1 aliphatic heterocycles. The monoisotopic (exact) mass is 599 g/mol. The number of piperazine rings is 1. The molecular formula is C33H41N7O2S. The van der Waals surface area contributed by atoms with Crippen LogP contribution in [0.2, 0.25) is 0 Å². The number of pyridine rings is 1. The van der Waals surface area contributed by atoms with E-state index in [1.54, 1.807) is 36.7 Å². The van der Waals surface area contributed by atoms with Gasteiger partial charge in [0.1, 0.15) is 11.5 Å². The Kier molecular flexibility index (Phi) is 9.59. The molecule has 3 heterocycles. The highest BCUT2D eigenvalue weighted by atomic mass is 32.1. The molecular weight excluding hydrogens is 558 g/mol. The van der Waals surface area contributed by atoms with Crippen molar-refractivity contribution in [3.8, 4) is 11.1 Å². The zero-order valence-electron chi connectivity index (χ0n) is 25.3. The molecule has 43 heavy (non-hydrogen) atoms. The van der Waals surface area contributed by atoms with Gasteiger partial charge in [-0.25, -0.2) is 4.99 Å². The Morgan fingerprint density at radius 2 is 1.84 bits per heavy atom. The number of anilines is 2. The lowest BCUT2D eigenvalue weighted by atomic mass is 9.99. The molecule has 0 spiro atoms. The van der Waals surface area contributed by atoms with E-state index in [2.05, 4.69) is 39.2 Å². The molecule has 2 aromatic heterocycles. The minimum atomic E-state index is -0.198. The fourth-order valence-corrected chi connectivity index (χ4v) is 6.74. The summed E-state index contributed by atoms with van der Waals surface area (Å²) in [6.45, 7) is 10.3. The van der Waals surface area contributed by atoms with Gasteiger partial charge in [0.15, 0.2) is 0 Å². The normalized spacial score (nSPS) is 16.5. The van der Waals surface area contributed by atoms with E-state index in [9.17, 15) is 9.59 Å². The molecule has 1 amide bonds. The van der Waals surface area contributed by atoms with Gasteiger partial charge >= 0.3 is 0 Å². The van der Waals surface area contributed by atoms with Crippen LogP contribution in [0.5, 0.6) is 0 Å². The van der Waals surface area contributed by atoms with Gasteiger partial charge in [-0.2, -0.15) is 0 Å². The second-order valence-electron chi connectivity index (χ2n) is 11.4. The van der Waals surface area contributed by atoms with Gasteiger partial charge in [-0.3, -0.25) is 14.5 Å². The molecule has 226 valence electrons. The molecule has 3 aromatic rings. The Bertz CT molecular complexity index is 1600. The van der Waals surface area contributed by atoms with Crippen molar-refractivity contribution >= 4 is 35.3 Å². The van der Waals surface area contributed by atoms with Crippen LogP contribution in [-0.4, -0.2) is 66.8 Å². The number of hydrogen-bond donors (Lipinski definition) is 3. The first-order valence-corrected chi connectivity index (χ1v) is 15.6. The van der Waals surface area contributed by atoms with E-state index in [0.717, 1.165) is 66.3 Å². The second kappa shape index (κ2) is 13.5. The average molecular weight is 600 g/mol. The number of rotatable bonds is 9. The molecule has 0 saturated carbocycles. The molecule has 1 aromatic carbocycles. The van der Waals surface area contributed by atoms with Crippen LogP contribution in [0.25, 0.3) is 11.1 Å². The van der Waals surface area contributed by atoms with Gasteiger partial charge in [0.25, 0.3) is 11.5 Å². The number of hydrogen-bond acceptors (Lipinski definition) is 8. The molecule has 1 fully saturated rings. The van der Waals surface area contributed by atoms with E-state index in [0.29, 0.717) is 23.8 Å². The fraction of sp³-hybridized carbons (Fsp3) is 0.364. The summed E-state index contributed by atoms with van der Waals surface area (Å²) in [5.74, 6) is 0.334. The largest absolute Gasteiger partial charge is 0.401 e. The maximum atomic E-state index is 13.2. The summed E-state index contributed by atoms with van der Waals surface area (Å²) in [5.41, 5.74) is 11.9. The number of carbonyl (C=O) groups excluding carboxylic acids is 1. The smallest absolute Gasteiger partial charge is 0.274 e. The van der Waals surface area contributed by atoms with Crippen LogP contribution >= 0.6 is 11.3 Å². The van der Waals surface area contributed by atoms with Crippen molar-refractivity contribution in [3.63, 3.8) is 0 Å². The third-order valence-electron chi connectivity index (χ3n) is 8.19.